The van der Waals surface area contributed by atoms with Crippen LogP contribution in [0.3, 0.4) is 0 Å². The fourth-order valence-electron chi connectivity index (χ4n) is 2.60. The van der Waals surface area contributed by atoms with Crippen LogP contribution in [0.5, 0.6) is 0 Å². The van der Waals surface area contributed by atoms with Crippen LogP contribution in [-0.2, 0) is 11.3 Å². The fraction of sp³-hybridized carbons (Fsp3) is 0.250. The summed E-state index contributed by atoms with van der Waals surface area (Å²) in [5.41, 5.74) is 3.68. The highest BCUT2D eigenvalue weighted by molar-refractivity contribution is 6.08. The summed E-state index contributed by atoms with van der Waals surface area (Å²) < 4.78 is 7.26. The molecule has 0 amide bonds. The van der Waals surface area contributed by atoms with Gasteiger partial charge in [0, 0.05) is 18.1 Å². The molecule has 102 valence electrons. The zero-order chi connectivity index (χ0) is 14.1. The van der Waals surface area contributed by atoms with Crippen molar-refractivity contribution < 1.29 is 9.53 Å². The lowest BCUT2D eigenvalue weighted by Gasteiger charge is -2.04. The number of benzene rings is 1. The van der Waals surface area contributed by atoms with E-state index < -0.39 is 0 Å². The highest BCUT2D eigenvalue weighted by Gasteiger charge is 2.13. The van der Waals surface area contributed by atoms with Crippen molar-refractivity contribution in [2.45, 2.75) is 20.4 Å². The molecule has 0 saturated carbocycles. The molecule has 3 rings (SSSR count). The van der Waals surface area contributed by atoms with Gasteiger partial charge in [-0.1, -0.05) is 0 Å². The lowest BCUT2D eigenvalue weighted by Crippen LogP contribution is -2.04. The van der Waals surface area contributed by atoms with Crippen LogP contribution >= 0.6 is 0 Å². The van der Waals surface area contributed by atoms with Gasteiger partial charge in [0.15, 0.2) is 0 Å². The number of ether oxygens (including phenoxy) is 1. The average molecular weight is 268 g/mol. The largest absolute Gasteiger partial charge is 0.462 e. The second-order valence-electron chi connectivity index (χ2n) is 4.57. The minimum Gasteiger partial charge on any atom is -0.462 e. The molecule has 2 heterocycles. The number of carbonyl (C=O) groups is 1. The number of esters is 1. The van der Waals surface area contributed by atoms with E-state index in [0.717, 1.165) is 28.5 Å². The number of aryl methyl sites for hydroxylation is 1. The van der Waals surface area contributed by atoms with Gasteiger partial charge in [0.05, 0.1) is 28.7 Å². The van der Waals surface area contributed by atoms with Crippen molar-refractivity contribution in [3.63, 3.8) is 0 Å². The molecule has 0 aliphatic rings. The number of nitrogens with zero attached hydrogens (tertiary/aromatic N) is 2. The molecular weight excluding hydrogens is 252 g/mol. The molecule has 0 unspecified atom stereocenters. The van der Waals surface area contributed by atoms with Crippen LogP contribution < -0.4 is 0 Å². The predicted molar refractivity (Wildman–Crippen MR) is 78.9 cm³/mol. The molecule has 4 heteroatoms. The van der Waals surface area contributed by atoms with Gasteiger partial charge in [-0.05, 0) is 44.2 Å². The summed E-state index contributed by atoms with van der Waals surface area (Å²) in [6.45, 7) is 5.16. The van der Waals surface area contributed by atoms with E-state index in [-0.39, 0.29) is 5.97 Å². The van der Waals surface area contributed by atoms with E-state index in [1.807, 2.05) is 24.3 Å². The van der Waals surface area contributed by atoms with Gasteiger partial charge in [0.1, 0.15) is 0 Å². The topological polar surface area (TPSA) is 44.1 Å². The van der Waals surface area contributed by atoms with Crippen molar-refractivity contribution in [2.75, 3.05) is 6.61 Å². The minimum atomic E-state index is -0.289. The molecule has 0 spiro atoms. The Labute approximate surface area is 117 Å². The fourth-order valence-corrected chi connectivity index (χ4v) is 2.60. The zero-order valence-electron chi connectivity index (χ0n) is 11.6. The molecule has 0 aliphatic carbocycles. The molecule has 0 radical (unpaired) electrons. The van der Waals surface area contributed by atoms with Gasteiger partial charge >= 0.3 is 5.97 Å². The molecule has 0 N–H and O–H groups in total. The Morgan fingerprint density at radius 2 is 2.10 bits per heavy atom. The van der Waals surface area contributed by atoms with Crippen molar-refractivity contribution >= 4 is 27.9 Å². The number of rotatable bonds is 3. The lowest BCUT2D eigenvalue weighted by atomic mass is 10.1. The van der Waals surface area contributed by atoms with Crippen molar-refractivity contribution in [3.05, 3.63) is 42.1 Å². The van der Waals surface area contributed by atoms with Crippen LogP contribution in [0.1, 0.15) is 24.2 Å². The standard InChI is InChI=1S/C16H16N2O2/c1-3-18-13-8-7-11(16(19)20-4-2)10-12(13)15-14(18)6-5-9-17-15/h5-10H,3-4H2,1-2H3. The third kappa shape index (κ3) is 1.84. The number of aromatic nitrogens is 2. The van der Waals surface area contributed by atoms with Gasteiger partial charge in [-0.15, -0.1) is 0 Å². The quantitative estimate of drug-likeness (QED) is 0.684. The normalized spacial score (nSPS) is 11.1. The molecule has 3 aromatic rings. The summed E-state index contributed by atoms with van der Waals surface area (Å²) in [4.78, 5) is 16.3. The van der Waals surface area contributed by atoms with Crippen LogP contribution in [0.2, 0.25) is 0 Å². The van der Waals surface area contributed by atoms with Crippen molar-refractivity contribution in [1.29, 1.82) is 0 Å². The SMILES string of the molecule is CCOC(=O)c1ccc2c(c1)c1ncccc1n2CC. The molecule has 0 saturated heterocycles. The van der Waals surface area contributed by atoms with Crippen LogP contribution in [0.25, 0.3) is 21.9 Å². The Kier molecular flexibility index (Phi) is 3.14. The van der Waals surface area contributed by atoms with Gasteiger partial charge < -0.3 is 9.30 Å². The smallest absolute Gasteiger partial charge is 0.338 e. The van der Waals surface area contributed by atoms with E-state index in [4.69, 9.17) is 4.74 Å². The Balaban J connectivity index is 2.28. The molecule has 4 nitrogen and oxygen atoms in total. The average Bonchev–Trinajstić information content (AvgIpc) is 2.80. The first-order valence-corrected chi connectivity index (χ1v) is 6.80. The first-order valence-electron chi connectivity index (χ1n) is 6.80. The van der Waals surface area contributed by atoms with E-state index in [0.29, 0.717) is 12.2 Å². The van der Waals surface area contributed by atoms with Crippen molar-refractivity contribution in [3.8, 4) is 0 Å². The number of hydrogen-bond acceptors (Lipinski definition) is 3. The first kappa shape index (κ1) is 12.7. The summed E-state index contributed by atoms with van der Waals surface area (Å²) in [5.74, 6) is -0.289. The second kappa shape index (κ2) is 4.96. The Morgan fingerprint density at radius 3 is 2.85 bits per heavy atom. The first-order chi connectivity index (χ1) is 9.76. The maximum Gasteiger partial charge on any atom is 0.338 e. The van der Waals surface area contributed by atoms with Gasteiger partial charge in [-0.2, -0.15) is 0 Å². The summed E-state index contributed by atoms with van der Waals surface area (Å²) in [5, 5.41) is 0.994. The Morgan fingerprint density at radius 1 is 1.25 bits per heavy atom. The molecule has 1 aromatic carbocycles. The highest BCUT2D eigenvalue weighted by Crippen LogP contribution is 2.28. The van der Waals surface area contributed by atoms with E-state index in [1.165, 1.54) is 0 Å². The number of pyridine rings is 1. The summed E-state index contributed by atoms with van der Waals surface area (Å²) in [7, 11) is 0. The maximum atomic E-state index is 11.9. The molecule has 20 heavy (non-hydrogen) atoms. The maximum absolute atomic E-state index is 11.9. The van der Waals surface area contributed by atoms with E-state index in [1.54, 1.807) is 13.1 Å². The predicted octanol–water partition coefficient (Wildman–Crippen LogP) is 3.39. The monoisotopic (exact) mass is 268 g/mol. The van der Waals surface area contributed by atoms with Crippen molar-refractivity contribution in [1.82, 2.24) is 9.55 Å². The minimum absolute atomic E-state index is 0.289. The Hall–Kier alpha value is -2.36. The van der Waals surface area contributed by atoms with Gasteiger partial charge in [-0.3, -0.25) is 4.98 Å². The molecular formula is C16H16N2O2. The molecule has 2 aromatic heterocycles. The number of fused-ring (bicyclic) bond motifs is 3. The lowest BCUT2D eigenvalue weighted by molar-refractivity contribution is 0.0526. The number of carbonyl (C=O) groups excluding carboxylic acids is 1. The zero-order valence-corrected chi connectivity index (χ0v) is 11.6. The third-order valence-electron chi connectivity index (χ3n) is 3.45. The molecule has 0 atom stereocenters. The summed E-state index contributed by atoms with van der Waals surface area (Å²) >= 11 is 0. The van der Waals surface area contributed by atoms with Gasteiger partial charge in [0.25, 0.3) is 0 Å². The van der Waals surface area contributed by atoms with Crippen LogP contribution in [0.15, 0.2) is 36.5 Å². The Bertz CT molecular complexity index is 790. The van der Waals surface area contributed by atoms with Crippen molar-refractivity contribution in [2.24, 2.45) is 0 Å². The molecule has 0 fully saturated rings. The van der Waals surface area contributed by atoms with E-state index in [9.17, 15) is 4.79 Å². The summed E-state index contributed by atoms with van der Waals surface area (Å²) in [6, 6.07) is 9.63. The second-order valence-corrected chi connectivity index (χ2v) is 4.57. The van der Waals surface area contributed by atoms with Crippen LogP contribution in [-0.4, -0.2) is 22.1 Å². The molecule has 0 aliphatic heterocycles. The van der Waals surface area contributed by atoms with Crippen LogP contribution in [0.4, 0.5) is 0 Å². The van der Waals surface area contributed by atoms with Gasteiger partial charge in [0.2, 0.25) is 0 Å². The number of hydrogen-bond donors (Lipinski definition) is 0. The summed E-state index contributed by atoms with van der Waals surface area (Å²) in [6.07, 6.45) is 1.78. The molecule has 0 bridgehead atoms. The van der Waals surface area contributed by atoms with Crippen LogP contribution in [0, 0.1) is 0 Å². The van der Waals surface area contributed by atoms with Gasteiger partial charge in [-0.25, -0.2) is 4.79 Å². The van der Waals surface area contributed by atoms with E-state index >= 15 is 0 Å². The third-order valence-corrected chi connectivity index (χ3v) is 3.45. The van der Waals surface area contributed by atoms with E-state index in [2.05, 4.69) is 22.5 Å². The highest BCUT2D eigenvalue weighted by atomic mass is 16.5.